The number of carbonyl (C=O) groups excluding carboxylic acids is 3. The van der Waals surface area contributed by atoms with E-state index in [9.17, 15) is 22.8 Å². The van der Waals surface area contributed by atoms with Crippen LogP contribution in [0.15, 0.2) is 153 Å². The number of hydrogen-bond donors (Lipinski definition) is 9. The normalized spacial score (nSPS) is 10.9. The number of aromatic nitrogens is 12. The third kappa shape index (κ3) is 25.3. The Morgan fingerprint density at radius 1 is 0.481 bits per heavy atom. The monoisotopic (exact) mass is 1500 g/mol. The summed E-state index contributed by atoms with van der Waals surface area (Å²) in [5.41, 5.74) is 17.0. The van der Waals surface area contributed by atoms with Crippen molar-refractivity contribution in [2.24, 2.45) is 0 Å². The molecule has 28 nitrogen and oxygen atoms in total. The van der Waals surface area contributed by atoms with Crippen LogP contribution in [0.5, 0.6) is 0 Å². The number of anilines is 12. The molecule has 0 aliphatic carbocycles. The van der Waals surface area contributed by atoms with Crippen molar-refractivity contribution in [3.05, 3.63) is 189 Å². The number of nitrogens with one attached hydrogen (secondary N) is 8. The highest BCUT2D eigenvalue weighted by molar-refractivity contribution is 7.92. The highest BCUT2D eigenvalue weighted by Crippen LogP contribution is 2.31. The van der Waals surface area contributed by atoms with E-state index in [1.807, 2.05) is 133 Å². The number of nitrogen functional groups attached to an aromatic ring is 1. The first-order chi connectivity index (χ1) is 49.6. The van der Waals surface area contributed by atoms with Crippen LogP contribution in [0, 0.1) is 41.5 Å². The number of nitrogens with two attached hydrogens (primary N) is 1. The van der Waals surface area contributed by atoms with Crippen LogP contribution in [-0.2, 0) is 35.7 Å². The van der Waals surface area contributed by atoms with Gasteiger partial charge in [0.05, 0.1) is 18.6 Å². The second kappa shape index (κ2) is 36.0. The van der Waals surface area contributed by atoms with Gasteiger partial charge in [0.1, 0.15) is 48.4 Å². The number of benzene rings is 4. The lowest BCUT2D eigenvalue weighted by Gasteiger charge is -2.19. The minimum atomic E-state index is -3.34. The Morgan fingerprint density at radius 3 is 1.25 bits per heavy atom. The Bertz CT molecular complexity index is 5040. The third-order valence-electron chi connectivity index (χ3n) is 13.3. The number of aryl methyl sites for hydroxylation is 6. The van der Waals surface area contributed by atoms with Crippen LogP contribution in [0.25, 0.3) is 42.8 Å². The molecule has 0 aliphatic rings. The molecule has 12 aromatic rings. The molecule has 0 aliphatic heterocycles. The molecule has 0 atom stereocenters. The molecule has 8 aromatic heterocycles. The Morgan fingerprint density at radius 2 is 0.865 bits per heavy atom. The van der Waals surface area contributed by atoms with E-state index in [1.165, 1.54) is 6.92 Å². The molecular formula is C71H77N21O7S5. The molecule has 0 spiro atoms. The molecule has 12 rings (SSSR count). The Hall–Kier alpha value is -11.4. The van der Waals surface area contributed by atoms with E-state index in [0.717, 1.165) is 108 Å². The quantitative estimate of drug-likeness (QED) is 0.0302. The first kappa shape index (κ1) is 76.8. The summed E-state index contributed by atoms with van der Waals surface area (Å²) in [6, 6.07) is 31.2. The average Bonchev–Trinajstić information content (AvgIpc) is 1.49. The minimum Gasteiger partial charge on any atom is -0.444 e. The number of rotatable bonds is 21. The van der Waals surface area contributed by atoms with Crippen LogP contribution in [-0.4, -0.2) is 112 Å². The van der Waals surface area contributed by atoms with Gasteiger partial charge in [0.25, 0.3) is 0 Å². The lowest BCUT2D eigenvalue weighted by Crippen LogP contribution is -2.34. The molecule has 10 N–H and O–H groups in total. The summed E-state index contributed by atoms with van der Waals surface area (Å²) in [5.74, 6) is 1.55. The van der Waals surface area contributed by atoms with Gasteiger partial charge in [-0.3, -0.25) is 14.3 Å². The van der Waals surface area contributed by atoms with Crippen molar-refractivity contribution >= 4 is 143 Å². The topological polar surface area (TPSA) is 381 Å². The van der Waals surface area contributed by atoms with Gasteiger partial charge >= 0.3 is 6.09 Å². The second-order valence-electron chi connectivity index (χ2n) is 24.1. The highest BCUT2D eigenvalue weighted by Gasteiger charge is 2.17. The molecule has 104 heavy (non-hydrogen) atoms. The maximum atomic E-state index is 12.1. The maximum absolute atomic E-state index is 12.1. The number of carbonyl (C=O) groups is 3. The van der Waals surface area contributed by atoms with E-state index in [-0.39, 0.29) is 24.8 Å². The first-order valence-corrected chi connectivity index (χ1v) is 37.1. The molecule has 538 valence electrons. The van der Waals surface area contributed by atoms with Crippen molar-refractivity contribution in [3.63, 3.8) is 0 Å². The Kier molecular flexibility index (Phi) is 26.6. The van der Waals surface area contributed by atoms with E-state index in [1.54, 1.807) is 135 Å². The lowest BCUT2D eigenvalue weighted by atomic mass is 10.2. The van der Waals surface area contributed by atoms with Crippen molar-refractivity contribution in [1.82, 2.24) is 65.1 Å². The number of sulfonamides is 1. The number of hydrogen-bond acceptors (Lipinski definition) is 28. The zero-order valence-electron chi connectivity index (χ0n) is 58.9. The predicted molar refractivity (Wildman–Crippen MR) is 415 cm³/mol. The Labute approximate surface area is 617 Å². The fourth-order valence-electron chi connectivity index (χ4n) is 9.31. The summed E-state index contributed by atoms with van der Waals surface area (Å²) in [6.07, 6.45) is 14.7. The van der Waals surface area contributed by atoms with Gasteiger partial charge in [0.15, 0.2) is 0 Å². The van der Waals surface area contributed by atoms with Crippen molar-refractivity contribution < 1.29 is 32.3 Å². The zero-order valence-corrected chi connectivity index (χ0v) is 63.0. The van der Waals surface area contributed by atoms with Crippen LogP contribution in [0.2, 0.25) is 0 Å². The third-order valence-corrected chi connectivity index (χ3v) is 17.6. The average molecular weight is 1500 g/mol. The van der Waals surface area contributed by atoms with Crippen LogP contribution in [0.3, 0.4) is 0 Å². The molecule has 0 saturated carbocycles. The van der Waals surface area contributed by atoms with Crippen molar-refractivity contribution in [3.8, 4) is 42.8 Å². The molecule has 0 fully saturated rings. The van der Waals surface area contributed by atoms with Gasteiger partial charge in [0.2, 0.25) is 45.6 Å². The molecule has 8 heterocycles. The van der Waals surface area contributed by atoms with E-state index in [0.29, 0.717) is 53.1 Å². The van der Waals surface area contributed by atoms with E-state index in [2.05, 4.69) is 102 Å². The molecular weight excluding hydrogens is 1420 g/mol. The summed E-state index contributed by atoms with van der Waals surface area (Å²) < 4.78 is 35.6. The standard InChI is InChI=1S/C22H26N6O3S.C17H17N5OS.C16H17N5O2S2.C16H17N5OS/c1-14-13-25-19(32-14)17-9-11-23-20(28-17)27-16-7-5-15(6-8-16)26-18(29)10-12-24-21(30)31-22(2,3)4;1-10-6-13(20-12(3)23)8-14(7-10)21-17-18-5-4-15(22-17)16-19-9-11(2)24-16;1-10-6-12(8-13(7-10)21-25(3,22)23)19-16-17-5-4-14(20-16)15-18-9-11(2)24-15;1-10-8-19-15(23-10)14-3-4-18-16(21-14)20-13-6-11(9-22-2)5-12(17)7-13/h5-9,11,13H,10,12H2,1-4H3,(H,24,30)(H,26,29)(H,23,27,28);4-9H,1-3H3,(H,20,23)(H,18,21,22);4-9,21H,1-3H3,(H,17,19,20);3-8H,9,17H2,1-2H3,(H,18,20,21). The smallest absolute Gasteiger partial charge is 0.407 e. The van der Waals surface area contributed by atoms with Gasteiger partial charge in [-0.2, -0.15) is 0 Å². The van der Waals surface area contributed by atoms with Gasteiger partial charge < -0.3 is 52.4 Å². The summed E-state index contributed by atoms with van der Waals surface area (Å²) in [6.45, 7) is 19.4. The van der Waals surface area contributed by atoms with E-state index in [4.69, 9.17) is 15.2 Å². The van der Waals surface area contributed by atoms with Gasteiger partial charge in [0, 0.05) is 136 Å². The minimum absolute atomic E-state index is 0.107. The molecule has 33 heteroatoms. The molecule has 0 bridgehead atoms. The lowest BCUT2D eigenvalue weighted by molar-refractivity contribution is -0.116. The number of thiazole rings is 4. The Balaban J connectivity index is 0.000000162. The number of methoxy groups -OCH3 is 1. The second-order valence-corrected chi connectivity index (χ2v) is 30.8. The van der Waals surface area contributed by atoms with Crippen molar-refractivity contribution in [2.75, 3.05) is 62.3 Å². The summed E-state index contributed by atoms with van der Waals surface area (Å²) in [4.78, 5) is 91.8. The SMILES string of the molecule is CC(=O)Nc1cc(C)cc(Nc2nccc(-c3ncc(C)s3)n2)c1.COCc1cc(N)cc(Nc2nccc(-c3ncc(C)s3)n2)c1.Cc1cc(Nc2nccc(-c3ncc(C)s3)n2)cc(NS(C)(=O)=O)c1.Cc1cnc(-c2ccnc(Nc3ccc(NC(=O)CCNC(=O)OC(C)(C)C)cc3)n2)s1. The number of alkyl carbamates (subject to hydrolysis) is 1. The molecule has 4 aromatic carbocycles. The largest absolute Gasteiger partial charge is 0.444 e. The van der Waals surface area contributed by atoms with Gasteiger partial charge in [-0.15, -0.1) is 45.3 Å². The summed E-state index contributed by atoms with van der Waals surface area (Å²) in [7, 11) is -1.69. The summed E-state index contributed by atoms with van der Waals surface area (Å²) >= 11 is 6.33. The molecule has 0 radical (unpaired) electrons. The van der Waals surface area contributed by atoms with Crippen LogP contribution in [0.1, 0.15) is 70.3 Å². The molecule has 3 amide bonds. The number of nitrogens with zero attached hydrogens (tertiary/aromatic N) is 12. The van der Waals surface area contributed by atoms with E-state index < -0.39 is 21.7 Å². The van der Waals surface area contributed by atoms with Crippen LogP contribution in [0.4, 0.5) is 74.1 Å². The number of amides is 3. The van der Waals surface area contributed by atoms with Crippen molar-refractivity contribution in [2.45, 2.75) is 87.9 Å². The van der Waals surface area contributed by atoms with Gasteiger partial charge in [-0.05, 0) is 182 Å². The van der Waals surface area contributed by atoms with Gasteiger partial charge in [-0.25, -0.2) is 73.0 Å². The van der Waals surface area contributed by atoms with Crippen LogP contribution < -0.4 is 47.7 Å². The fourth-order valence-corrected chi connectivity index (χ4v) is 12.8. The zero-order chi connectivity index (χ0) is 74.5. The summed E-state index contributed by atoms with van der Waals surface area (Å²) in [5, 5.41) is 24.2. The maximum Gasteiger partial charge on any atom is 0.407 e. The first-order valence-electron chi connectivity index (χ1n) is 31.9. The van der Waals surface area contributed by atoms with Gasteiger partial charge in [-0.1, -0.05) is 0 Å². The van der Waals surface area contributed by atoms with E-state index >= 15 is 0 Å². The fraction of sp³-hybridized carbons (Fsp3) is 0.225. The number of ether oxygens (including phenoxy) is 2. The molecule has 0 unspecified atom stereocenters. The molecule has 0 saturated heterocycles. The van der Waals surface area contributed by atoms with Crippen LogP contribution >= 0.6 is 45.3 Å². The predicted octanol–water partition coefficient (Wildman–Crippen LogP) is 15.1. The van der Waals surface area contributed by atoms with Crippen molar-refractivity contribution in [1.29, 1.82) is 0 Å². The highest BCUT2D eigenvalue weighted by atomic mass is 32.2.